The van der Waals surface area contributed by atoms with Crippen LogP contribution in [0, 0.1) is 0 Å². The predicted octanol–water partition coefficient (Wildman–Crippen LogP) is 0.897. The first-order valence-electron chi connectivity index (χ1n) is 3.71. The molecule has 0 fully saturated rings. The molecule has 0 amide bonds. The molecule has 2 N–H and O–H groups in total. The Morgan fingerprint density at radius 1 is 0.923 bits per heavy atom. The smallest absolute Gasteiger partial charge is 0.316 e. The second-order valence-corrected chi connectivity index (χ2v) is 8.20. The lowest BCUT2D eigenvalue weighted by Crippen LogP contribution is -1.75. The maximum atomic E-state index is 10.1. The highest BCUT2D eigenvalue weighted by Crippen LogP contribution is 2.33. The molecule has 2 atom stereocenters. The Kier molecular flexibility index (Phi) is 12.8. The summed E-state index contributed by atoms with van der Waals surface area (Å²) in [5.41, 5.74) is 0. The molecule has 0 rings (SSSR count). The molecule has 0 saturated carbocycles. The summed E-state index contributed by atoms with van der Waals surface area (Å²) >= 11 is 0. The van der Waals surface area contributed by atoms with E-state index in [-0.39, 0.29) is 23.1 Å². The van der Waals surface area contributed by atoms with Crippen molar-refractivity contribution in [1.82, 2.24) is 0 Å². The summed E-state index contributed by atoms with van der Waals surface area (Å²) in [5, 5.41) is 0. The SMILES string of the molecule is CCP(C)(=O)O.CCP(C)(=O)O.[MgH2]. The minimum atomic E-state index is -2.65. The van der Waals surface area contributed by atoms with Gasteiger partial charge in [-0.15, -0.1) is 0 Å². The predicted molar refractivity (Wildman–Crippen MR) is 61.1 cm³/mol. The topological polar surface area (TPSA) is 74.6 Å². The second kappa shape index (κ2) is 8.45. The van der Waals surface area contributed by atoms with Crippen molar-refractivity contribution in [1.29, 1.82) is 0 Å². The molecule has 0 radical (unpaired) electrons. The molecule has 0 aromatic carbocycles. The number of hydrogen-bond donors (Lipinski definition) is 2. The first-order valence-corrected chi connectivity index (χ1v) is 8.29. The highest BCUT2D eigenvalue weighted by atomic mass is 31.2. The van der Waals surface area contributed by atoms with E-state index in [0.717, 1.165) is 0 Å². The summed E-state index contributed by atoms with van der Waals surface area (Å²) in [6, 6.07) is 0. The van der Waals surface area contributed by atoms with Gasteiger partial charge in [0, 0.05) is 25.7 Å². The van der Waals surface area contributed by atoms with Crippen molar-refractivity contribution in [2.75, 3.05) is 25.7 Å². The quantitative estimate of drug-likeness (QED) is 0.557. The zero-order chi connectivity index (χ0) is 10.4. The van der Waals surface area contributed by atoms with Gasteiger partial charge in [0.05, 0.1) is 0 Å². The molecule has 0 heterocycles. The summed E-state index contributed by atoms with van der Waals surface area (Å²) < 4.78 is 20.3. The van der Waals surface area contributed by atoms with Gasteiger partial charge >= 0.3 is 23.1 Å². The molecule has 0 bridgehead atoms. The Hall–Kier alpha value is 1.15. The average molecular weight is 242 g/mol. The van der Waals surface area contributed by atoms with Gasteiger partial charge in [0.1, 0.15) is 0 Å². The molecule has 0 aromatic heterocycles. The maximum absolute atomic E-state index is 10.1. The van der Waals surface area contributed by atoms with Crippen LogP contribution in [0.4, 0.5) is 0 Å². The van der Waals surface area contributed by atoms with Gasteiger partial charge in [-0.2, -0.15) is 0 Å². The second-order valence-electron chi connectivity index (χ2n) is 2.73. The lowest BCUT2D eigenvalue weighted by molar-refractivity contribution is 0.485. The van der Waals surface area contributed by atoms with Gasteiger partial charge in [-0.1, -0.05) is 13.8 Å². The summed E-state index contributed by atoms with van der Waals surface area (Å²) in [5.74, 6) is 0. The summed E-state index contributed by atoms with van der Waals surface area (Å²) in [4.78, 5) is 16.8. The fourth-order valence-corrected chi connectivity index (χ4v) is 0. The van der Waals surface area contributed by atoms with E-state index < -0.39 is 14.7 Å². The minimum Gasteiger partial charge on any atom is -0.344 e. The third-order valence-electron chi connectivity index (χ3n) is 1.17. The fraction of sp³-hybridized carbons (Fsp3) is 1.00. The van der Waals surface area contributed by atoms with Crippen molar-refractivity contribution in [2.45, 2.75) is 13.8 Å². The van der Waals surface area contributed by atoms with E-state index in [1.165, 1.54) is 13.3 Å². The Morgan fingerprint density at radius 2 is 1.00 bits per heavy atom. The maximum Gasteiger partial charge on any atom is 0.316 e. The van der Waals surface area contributed by atoms with Crippen molar-refractivity contribution >= 4 is 37.8 Å². The Morgan fingerprint density at radius 3 is 1.00 bits per heavy atom. The summed E-state index contributed by atoms with van der Waals surface area (Å²) in [7, 11) is -5.29. The number of hydrogen-bond acceptors (Lipinski definition) is 2. The van der Waals surface area contributed by atoms with E-state index in [0.29, 0.717) is 12.3 Å². The van der Waals surface area contributed by atoms with Crippen LogP contribution in [0.15, 0.2) is 0 Å². The molecule has 2 unspecified atom stereocenters. The van der Waals surface area contributed by atoms with Crippen LogP contribution in [0.1, 0.15) is 13.8 Å². The van der Waals surface area contributed by atoms with Gasteiger partial charge in [0.25, 0.3) is 0 Å². The molecular formula is C6H20MgO4P2. The molecule has 0 aliphatic carbocycles. The summed E-state index contributed by atoms with van der Waals surface area (Å²) in [6.07, 6.45) is 0.764. The molecule has 80 valence electrons. The van der Waals surface area contributed by atoms with Crippen LogP contribution >= 0.6 is 14.7 Å². The van der Waals surface area contributed by atoms with Crippen molar-refractivity contribution in [3.05, 3.63) is 0 Å². The average Bonchev–Trinajstić information content (AvgIpc) is 1.86. The van der Waals surface area contributed by atoms with Crippen molar-refractivity contribution < 1.29 is 18.9 Å². The lowest BCUT2D eigenvalue weighted by Gasteiger charge is -1.94. The van der Waals surface area contributed by atoms with E-state index in [2.05, 4.69) is 0 Å². The molecule has 0 aliphatic rings. The third-order valence-corrected chi connectivity index (χ3v) is 3.52. The molecule has 7 heteroatoms. The Labute approximate surface area is 96.2 Å². The number of rotatable bonds is 2. The van der Waals surface area contributed by atoms with Crippen LogP contribution in [0.2, 0.25) is 0 Å². The minimum absolute atomic E-state index is 0. The molecule has 13 heavy (non-hydrogen) atoms. The monoisotopic (exact) mass is 242 g/mol. The van der Waals surface area contributed by atoms with Gasteiger partial charge in [0.15, 0.2) is 14.7 Å². The van der Waals surface area contributed by atoms with Crippen LogP contribution in [0.3, 0.4) is 0 Å². The zero-order valence-electron chi connectivity index (χ0n) is 8.02. The Balaban J connectivity index is -0.000000143. The van der Waals surface area contributed by atoms with E-state index in [1.807, 2.05) is 0 Å². The van der Waals surface area contributed by atoms with E-state index >= 15 is 0 Å². The Bertz CT molecular complexity index is 173. The van der Waals surface area contributed by atoms with Gasteiger partial charge in [0.2, 0.25) is 0 Å². The first kappa shape index (κ1) is 19.7. The molecule has 0 spiro atoms. The van der Waals surface area contributed by atoms with Crippen LogP contribution in [-0.4, -0.2) is 58.5 Å². The van der Waals surface area contributed by atoms with Crippen molar-refractivity contribution in [2.24, 2.45) is 0 Å². The highest BCUT2D eigenvalue weighted by Gasteiger charge is 2.01. The van der Waals surface area contributed by atoms with Crippen molar-refractivity contribution in [3.63, 3.8) is 0 Å². The first-order chi connectivity index (χ1) is 5.12. The molecule has 4 nitrogen and oxygen atoms in total. The highest BCUT2D eigenvalue weighted by molar-refractivity contribution is 7.57. The molecule has 0 aromatic rings. The standard InChI is InChI=1S/2C3H9O2P.Mg.2H/c2*1-3-6(2,4)5;;;/h2*3H2,1-2H3,(H,4,5);;;. The van der Waals surface area contributed by atoms with Gasteiger partial charge in [-0.3, -0.25) is 9.13 Å². The lowest BCUT2D eigenvalue weighted by atomic mass is 11.0. The summed E-state index contributed by atoms with van der Waals surface area (Å²) in [6.45, 7) is 6.10. The zero-order valence-corrected chi connectivity index (χ0v) is 9.81. The normalized spacial score (nSPS) is 18.3. The van der Waals surface area contributed by atoms with Crippen LogP contribution < -0.4 is 0 Å². The van der Waals surface area contributed by atoms with Crippen LogP contribution in [0.5, 0.6) is 0 Å². The van der Waals surface area contributed by atoms with E-state index in [1.54, 1.807) is 13.8 Å². The third kappa shape index (κ3) is 32.0. The fourth-order valence-electron chi connectivity index (χ4n) is 0. The van der Waals surface area contributed by atoms with Gasteiger partial charge < -0.3 is 9.79 Å². The van der Waals surface area contributed by atoms with Gasteiger partial charge in [-0.05, 0) is 0 Å². The van der Waals surface area contributed by atoms with Crippen LogP contribution in [-0.2, 0) is 9.13 Å². The van der Waals surface area contributed by atoms with E-state index in [9.17, 15) is 9.13 Å². The van der Waals surface area contributed by atoms with Crippen LogP contribution in [0.25, 0.3) is 0 Å². The molecular weight excluding hydrogens is 222 g/mol. The van der Waals surface area contributed by atoms with Gasteiger partial charge in [-0.25, -0.2) is 0 Å². The molecule has 0 saturated heterocycles. The largest absolute Gasteiger partial charge is 0.344 e. The van der Waals surface area contributed by atoms with Crippen molar-refractivity contribution in [3.8, 4) is 0 Å². The van der Waals surface area contributed by atoms with E-state index in [4.69, 9.17) is 9.79 Å². The molecule has 0 aliphatic heterocycles.